The van der Waals surface area contributed by atoms with Gasteiger partial charge in [-0.1, -0.05) is 70.0 Å². The van der Waals surface area contributed by atoms with Crippen molar-refractivity contribution < 1.29 is 28.2 Å². The highest BCUT2D eigenvalue weighted by atomic mass is 35.5. The third-order valence-corrected chi connectivity index (χ3v) is 5.81. The van der Waals surface area contributed by atoms with Crippen molar-refractivity contribution in [1.29, 1.82) is 0 Å². The summed E-state index contributed by atoms with van der Waals surface area (Å²) in [6.45, 7) is 13.3. The van der Waals surface area contributed by atoms with Crippen LogP contribution in [0.4, 0.5) is 8.78 Å². The summed E-state index contributed by atoms with van der Waals surface area (Å²) in [5.41, 5.74) is 0.894. The number of carbonyl (C=O) groups excluding carboxylic acids is 2. The molecule has 0 spiro atoms. The molecule has 1 aliphatic carbocycles. The third-order valence-electron chi connectivity index (χ3n) is 5.23. The first-order valence-corrected chi connectivity index (χ1v) is 13.0. The number of rotatable bonds is 9. The lowest BCUT2D eigenvalue weighted by Crippen LogP contribution is -2.51. The molecule has 0 aromatic heterocycles. The van der Waals surface area contributed by atoms with Gasteiger partial charge in [-0.05, 0) is 48.8 Å². The lowest BCUT2D eigenvalue weighted by Gasteiger charge is -2.40. The van der Waals surface area contributed by atoms with Crippen molar-refractivity contribution in [2.45, 2.75) is 78.5 Å². The molecule has 1 aliphatic rings. The number of amides is 1. The second-order valence-electron chi connectivity index (χ2n) is 11.1. The van der Waals surface area contributed by atoms with Crippen molar-refractivity contribution in [3.05, 3.63) is 63.1 Å². The highest BCUT2D eigenvalue weighted by Gasteiger charge is 2.37. The van der Waals surface area contributed by atoms with Crippen LogP contribution in [0.3, 0.4) is 0 Å². The molecule has 1 saturated carbocycles. The summed E-state index contributed by atoms with van der Waals surface area (Å²) < 4.78 is 32.4. The molecule has 212 valence electrons. The summed E-state index contributed by atoms with van der Waals surface area (Å²) >= 11 is 11.4. The maximum atomic E-state index is 14.0. The molecular weight excluding hydrogens is 537 g/mol. The second kappa shape index (κ2) is 15.4. The maximum absolute atomic E-state index is 14.0. The summed E-state index contributed by atoms with van der Waals surface area (Å²) in [5.74, 6) is -1.04. The average Bonchev–Trinajstić information content (AvgIpc) is 2.77. The minimum absolute atomic E-state index is 0.0702. The topological polar surface area (TPSA) is 87.7 Å². The fourth-order valence-electron chi connectivity index (χ4n) is 3.52. The molecule has 1 amide bonds. The average molecular weight is 576 g/mol. The molecule has 6 nitrogen and oxygen atoms in total. The van der Waals surface area contributed by atoms with Gasteiger partial charge in [-0.15, -0.1) is 0 Å². The van der Waals surface area contributed by atoms with Crippen LogP contribution in [0.1, 0.15) is 71.4 Å². The zero-order valence-electron chi connectivity index (χ0n) is 22.7. The fraction of sp³-hybridized carbons (Fsp3) is 0.500. The monoisotopic (exact) mass is 574 g/mol. The summed E-state index contributed by atoms with van der Waals surface area (Å²) in [6, 6.07) is 7.47. The van der Waals surface area contributed by atoms with E-state index in [2.05, 4.69) is 38.3 Å². The van der Waals surface area contributed by atoms with Crippen molar-refractivity contribution in [2.75, 3.05) is 6.54 Å². The van der Waals surface area contributed by atoms with E-state index in [0.717, 1.165) is 0 Å². The largest absolute Gasteiger partial charge is 0.428 e. The van der Waals surface area contributed by atoms with Crippen LogP contribution in [-0.2, 0) is 16.1 Å². The van der Waals surface area contributed by atoms with Gasteiger partial charge in [-0.25, -0.2) is 8.78 Å². The normalized spacial score (nSPS) is 19.0. The molecule has 2 aromatic rings. The molecule has 38 heavy (non-hydrogen) atoms. The van der Waals surface area contributed by atoms with Crippen LogP contribution < -0.4 is 15.4 Å². The minimum atomic E-state index is -0.611. The molecule has 0 bridgehead atoms. The van der Waals surface area contributed by atoms with Crippen LogP contribution in [-0.4, -0.2) is 36.2 Å². The second-order valence-corrected chi connectivity index (χ2v) is 12.0. The third kappa shape index (κ3) is 12.5. The van der Waals surface area contributed by atoms with Crippen LogP contribution in [0, 0.1) is 17.0 Å². The van der Waals surface area contributed by atoms with Gasteiger partial charge in [0.05, 0.1) is 15.6 Å². The van der Waals surface area contributed by atoms with Gasteiger partial charge in [0.25, 0.3) is 6.47 Å². The number of nitrogens with one attached hydrogen (secondary N) is 2. The molecule has 3 rings (SSSR count). The van der Waals surface area contributed by atoms with E-state index in [1.165, 1.54) is 18.2 Å². The van der Waals surface area contributed by atoms with Crippen molar-refractivity contribution in [3.8, 4) is 5.75 Å². The predicted molar refractivity (Wildman–Crippen MR) is 148 cm³/mol. The van der Waals surface area contributed by atoms with Crippen molar-refractivity contribution in [1.82, 2.24) is 10.6 Å². The van der Waals surface area contributed by atoms with E-state index in [-0.39, 0.29) is 40.8 Å². The van der Waals surface area contributed by atoms with Gasteiger partial charge in [-0.2, -0.15) is 0 Å². The van der Waals surface area contributed by atoms with Gasteiger partial charge in [-0.3, -0.25) is 9.59 Å². The fourth-order valence-corrected chi connectivity index (χ4v) is 3.86. The summed E-state index contributed by atoms with van der Waals surface area (Å²) in [7, 11) is 0. The Bertz CT molecular complexity index is 1050. The summed E-state index contributed by atoms with van der Waals surface area (Å²) in [5, 5.41) is 14.8. The van der Waals surface area contributed by atoms with E-state index >= 15 is 0 Å². The van der Waals surface area contributed by atoms with Gasteiger partial charge >= 0.3 is 0 Å². The zero-order valence-corrected chi connectivity index (χ0v) is 24.2. The smallest absolute Gasteiger partial charge is 0.298 e. The molecule has 10 heteroatoms. The van der Waals surface area contributed by atoms with E-state index in [0.29, 0.717) is 42.3 Å². The minimum Gasteiger partial charge on any atom is -0.428 e. The van der Waals surface area contributed by atoms with Crippen molar-refractivity contribution in [3.63, 3.8) is 0 Å². The van der Waals surface area contributed by atoms with Crippen molar-refractivity contribution in [2.24, 2.45) is 5.41 Å². The molecule has 0 aliphatic heterocycles. The number of carbonyl (C=O) groups is 2. The number of hydrogen-bond donors (Lipinski definition) is 3. The number of aliphatic hydroxyl groups is 1. The first kappa shape index (κ1) is 33.8. The standard InChI is InChI=1S/C17H15Cl2F2NO2.C6H11NO2.C5H12/c1-10(12-3-2-4-13(18)17(12)21)7-22-8-11-5-15(20)14(19)6-16(11)24-9-23;1-6(9)2-5(3-6)7-4-8;1-5(2,3)4/h2-6,9-10,22H,7-8H2,1H3;4-5,9H,2-3H2,1H3,(H,7,8);1-4H3. The van der Waals surface area contributed by atoms with Crippen LogP contribution in [0.15, 0.2) is 30.3 Å². The Balaban J connectivity index is 0.000000421. The summed E-state index contributed by atoms with van der Waals surface area (Å²) in [4.78, 5) is 20.4. The van der Waals surface area contributed by atoms with Crippen LogP contribution >= 0.6 is 23.2 Å². The summed E-state index contributed by atoms with van der Waals surface area (Å²) in [6.07, 6.45) is 2.05. The Kier molecular flexibility index (Phi) is 13.7. The van der Waals surface area contributed by atoms with Crippen LogP contribution in [0.25, 0.3) is 0 Å². The molecule has 3 N–H and O–H groups in total. The Morgan fingerprint density at radius 3 is 2.29 bits per heavy atom. The predicted octanol–water partition coefficient (Wildman–Crippen LogP) is 6.40. The molecule has 1 atom stereocenters. The highest BCUT2D eigenvalue weighted by molar-refractivity contribution is 6.31. The number of hydrogen-bond acceptors (Lipinski definition) is 5. The number of halogens is 4. The molecule has 0 saturated heterocycles. The van der Waals surface area contributed by atoms with Crippen molar-refractivity contribution >= 4 is 36.1 Å². The first-order chi connectivity index (χ1) is 17.6. The van der Waals surface area contributed by atoms with E-state index in [1.807, 2.05) is 6.92 Å². The zero-order chi connectivity index (χ0) is 29.1. The Morgan fingerprint density at radius 2 is 1.76 bits per heavy atom. The Labute approximate surface area is 234 Å². The number of ether oxygens (including phenoxy) is 1. The molecule has 0 radical (unpaired) electrons. The lowest BCUT2D eigenvalue weighted by atomic mass is 9.77. The maximum Gasteiger partial charge on any atom is 0.298 e. The van der Waals surface area contributed by atoms with Gasteiger partial charge in [0.2, 0.25) is 6.41 Å². The van der Waals surface area contributed by atoms with Gasteiger partial charge < -0.3 is 20.5 Å². The van der Waals surface area contributed by atoms with E-state index < -0.39 is 17.2 Å². The van der Waals surface area contributed by atoms with Gasteiger partial charge in [0.1, 0.15) is 17.4 Å². The molecule has 0 heterocycles. The molecule has 1 unspecified atom stereocenters. The molecule has 2 aromatic carbocycles. The Morgan fingerprint density at radius 1 is 1.16 bits per heavy atom. The van der Waals surface area contributed by atoms with Gasteiger partial charge in [0.15, 0.2) is 0 Å². The van der Waals surface area contributed by atoms with E-state index in [9.17, 15) is 18.4 Å². The highest BCUT2D eigenvalue weighted by Crippen LogP contribution is 2.31. The van der Waals surface area contributed by atoms with Crippen LogP contribution in [0.5, 0.6) is 5.75 Å². The van der Waals surface area contributed by atoms with E-state index in [4.69, 9.17) is 33.0 Å². The lowest BCUT2D eigenvalue weighted by molar-refractivity contribution is -0.120. The molecular formula is C28H38Cl2F2N2O4. The quantitative estimate of drug-likeness (QED) is 0.302. The van der Waals surface area contributed by atoms with Gasteiger partial charge in [0, 0.05) is 30.8 Å². The molecule has 1 fully saturated rings. The number of benzene rings is 2. The Hall–Kier alpha value is -2.26. The SMILES string of the molecule is CC(C)(C)C.CC(CNCc1cc(F)c(Cl)cc1OC=O)c1cccc(Cl)c1F.CC1(O)CC(NC=O)C1. The van der Waals surface area contributed by atoms with Crippen LogP contribution in [0.2, 0.25) is 10.0 Å². The van der Waals surface area contributed by atoms with E-state index in [1.54, 1.807) is 19.1 Å². The first-order valence-electron chi connectivity index (χ1n) is 12.2.